The maximum atomic E-state index is 11.0. The summed E-state index contributed by atoms with van der Waals surface area (Å²) in [7, 11) is -3.71. The normalized spacial score (nSPS) is 12.3. The largest absolute Gasteiger partial charge is 0.292 e. The third-order valence-electron chi connectivity index (χ3n) is 1.76. The van der Waals surface area contributed by atoms with Gasteiger partial charge < -0.3 is 0 Å². The number of carbonyl (C=O) groups is 1. The number of sulfonamides is 1. The summed E-state index contributed by atoms with van der Waals surface area (Å²) >= 11 is 5.49. The summed E-state index contributed by atoms with van der Waals surface area (Å²) in [6, 6.07) is 5.53. The van der Waals surface area contributed by atoms with Crippen LogP contribution in [0.15, 0.2) is 34.3 Å². The Morgan fingerprint density at radius 2 is 1.88 bits per heavy atom. The SMILES string of the molecule is CC(=O)/C(Cl)=N/Nc1ccc(S(N)(=O)=O)cc1. The average molecular weight is 276 g/mol. The molecule has 0 atom stereocenters. The molecular weight excluding hydrogens is 266 g/mol. The minimum Gasteiger partial charge on any atom is -0.292 e. The molecule has 0 spiro atoms. The molecule has 0 aliphatic carbocycles. The third kappa shape index (κ3) is 4.14. The lowest BCUT2D eigenvalue weighted by molar-refractivity contribution is -0.110. The number of hydrazone groups is 1. The van der Waals surface area contributed by atoms with E-state index in [-0.39, 0.29) is 15.8 Å². The molecule has 6 nitrogen and oxygen atoms in total. The fourth-order valence-electron chi connectivity index (χ4n) is 0.912. The van der Waals surface area contributed by atoms with Gasteiger partial charge in [-0.1, -0.05) is 11.6 Å². The molecule has 0 aromatic heterocycles. The molecule has 0 aliphatic heterocycles. The quantitative estimate of drug-likeness (QED) is 0.629. The van der Waals surface area contributed by atoms with Crippen molar-refractivity contribution in [3.05, 3.63) is 24.3 Å². The van der Waals surface area contributed by atoms with Crippen molar-refractivity contribution in [3.8, 4) is 0 Å². The zero-order valence-corrected chi connectivity index (χ0v) is 10.4. The van der Waals surface area contributed by atoms with Crippen molar-refractivity contribution in [2.75, 3.05) is 5.43 Å². The van der Waals surface area contributed by atoms with Gasteiger partial charge in [-0.05, 0) is 24.3 Å². The van der Waals surface area contributed by atoms with Crippen LogP contribution in [0.5, 0.6) is 0 Å². The van der Waals surface area contributed by atoms with Crippen LogP contribution in [0.1, 0.15) is 6.92 Å². The number of nitrogens with zero attached hydrogens (tertiary/aromatic N) is 1. The van der Waals surface area contributed by atoms with Crippen molar-refractivity contribution in [3.63, 3.8) is 0 Å². The van der Waals surface area contributed by atoms with Gasteiger partial charge in [0.2, 0.25) is 10.0 Å². The number of nitrogens with one attached hydrogen (secondary N) is 1. The minimum absolute atomic E-state index is 0.00954. The number of hydrogen-bond donors (Lipinski definition) is 2. The van der Waals surface area contributed by atoms with E-state index in [1.807, 2.05) is 0 Å². The molecule has 8 heteroatoms. The molecule has 0 bridgehead atoms. The van der Waals surface area contributed by atoms with E-state index in [1.165, 1.54) is 31.2 Å². The van der Waals surface area contributed by atoms with Gasteiger partial charge in [0.15, 0.2) is 11.0 Å². The van der Waals surface area contributed by atoms with Crippen molar-refractivity contribution in [2.24, 2.45) is 10.2 Å². The molecule has 3 N–H and O–H groups in total. The van der Waals surface area contributed by atoms with Gasteiger partial charge >= 0.3 is 0 Å². The van der Waals surface area contributed by atoms with Crippen molar-refractivity contribution < 1.29 is 13.2 Å². The standard InChI is InChI=1S/C9H10ClN3O3S/c1-6(14)9(10)13-12-7-2-4-8(5-3-7)17(11,15)16/h2-5,12H,1H3,(H2,11,15,16)/b13-9-. The molecule has 1 aromatic rings. The van der Waals surface area contributed by atoms with Gasteiger partial charge in [-0.2, -0.15) is 5.10 Å². The van der Waals surface area contributed by atoms with Crippen LogP contribution in [-0.2, 0) is 14.8 Å². The van der Waals surface area contributed by atoms with Crippen LogP contribution in [0.4, 0.5) is 5.69 Å². The van der Waals surface area contributed by atoms with E-state index in [9.17, 15) is 13.2 Å². The van der Waals surface area contributed by atoms with Gasteiger partial charge in [0.1, 0.15) is 0 Å². The molecule has 0 unspecified atom stereocenters. The molecule has 0 aliphatic rings. The summed E-state index contributed by atoms with van der Waals surface area (Å²) in [4.78, 5) is 10.7. The van der Waals surface area contributed by atoms with Crippen molar-refractivity contribution in [1.82, 2.24) is 0 Å². The molecule has 0 radical (unpaired) electrons. The monoisotopic (exact) mass is 275 g/mol. The third-order valence-corrected chi connectivity index (χ3v) is 3.04. The second-order valence-corrected chi connectivity index (χ2v) is 5.06. The highest BCUT2D eigenvalue weighted by Crippen LogP contribution is 2.12. The fourth-order valence-corrected chi connectivity index (χ4v) is 1.47. The van der Waals surface area contributed by atoms with Gasteiger partial charge in [0, 0.05) is 6.92 Å². The van der Waals surface area contributed by atoms with Crippen LogP contribution in [0.25, 0.3) is 0 Å². The Balaban J connectivity index is 2.83. The molecule has 1 aromatic carbocycles. The van der Waals surface area contributed by atoms with E-state index in [1.54, 1.807) is 0 Å². The van der Waals surface area contributed by atoms with Crippen LogP contribution in [0.2, 0.25) is 0 Å². The lowest BCUT2D eigenvalue weighted by Gasteiger charge is -2.02. The van der Waals surface area contributed by atoms with E-state index in [4.69, 9.17) is 16.7 Å². The van der Waals surface area contributed by atoms with Gasteiger partial charge in [-0.25, -0.2) is 13.6 Å². The van der Waals surface area contributed by atoms with E-state index < -0.39 is 10.0 Å². The highest BCUT2D eigenvalue weighted by atomic mass is 35.5. The molecule has 17 heavy (non-hydrogen) atoms. The van der Waals surface area contributed by atoms with E-state index >= 15 is 0 Å². The second kappa shape index (κ2) is 5.26. The van der Waals surface area contributed by atoms with Gasteiger partial charge in [0.25, 0.3) is 0 Å². The fraction of sp³-hybridized carbons (Fsp3) is 0.111. The average Bonchev–Trinajstić information content (AvgIpc) is 2.25. The maximum Gasteiger partial charge on any atom is 0.238 e. The smallest absolute Gasteiger partial charge is 0.238 e. The van der Waals surface area contributed by atoms with E-state index in [0.29, 0.717) is 5.69 Å². The van der Waals surface area contributed by atoms with Crippen LogP contribution in [0.3, 0.4) is 0 Å². The number of Topliss-reactive ketones (excluding diaryl/α,β-unsaturated/α-hetero) is 1. The first-order valence-electron chi connectivity index (χ1n) is 4.43. The van der Waals surface area contributed by atoms with Gasteiger partial charge in [-0.15, -0.1) is 0 Å². The number of carbonyl (C=O) groups excluding carboxylic acids is 1. The summed E-state index contributed by atoms with van der Waals surface area (Å²) < 4.78 is 21.9. The number of anilines is 1. The molecule has 1 rings (SSSR count). The Morgan fingerprint density at radius 3 is 2.29 bits per heavy atom. The van der Waals surface area contributed by atoms with Gasteiger partial charge in [-0.3, -0.25) is 10.2 Å². The van der Waals surface area contributed by atoms with E-state index in [2.05, 4.69) is 10.5 Å². The molecule has 0 saturated carbocycles. The lowest BCUT2D eigenvalue weighted by atomic mass is 10.3. The molecule has 0 heterocycles. The Morgan fingerprint density at radius 1 is 1.35 bits per heavy atom. The Labute approximate surface area is 104 Å². The van der Waals surface area contributed by atoms with Crippen LogP contribution in [-0.4, -0.2) is 19.4 Å². The summed E-state index contributed by atoms with van der Waals surface area (Å²) in [6.45, 7) is 1.28. The molecule has 0 fully saturated rings. The number of halogens is 1. The summed E-state index contributed by atoms with van der Waals surface area (Å²) in [5.41, 5.74) is 2.99. The van der Waals surface area contributed by atoms with Crippen molar-refractivity contribution >= 4 is 38.3 Å². The second-order valence-electron chi connectivity index (χ2n) is 3.14. The molecule has 92 valence electrons. The highest BCUT2D eigenvalue weighted by molar-refractivity contribution is 7.89. The number of hydrogen-bond acceptors (Lipinski definition) is 5. The number of ketones is 1. The highest BCUT2D eigenvalue weighted by Gasteiger charge is 2.06. The molecule has 0 amide bonds. The number of primary sulfonamides is 1. The zero-order chi connectivity index (χ0) is 13.1. The Kier molecular flexibility index (Phi) is 4.22. The minimum atomic E-state index is -3.71. The number of nitrogens with two attached hydrogens (primary N) is 1. The van der Waals surface area contributed by atoms with Crippen LogP contribution >= 0.6 is 11.6 Å². The van der Waals surface area contributed by atoms with Crippen molar-refractivity contribution in [1.29, 1.82) is 0 Å². The maximum absolute atomic E-state index is 11.0. The summed E-state index contributed by atoms with van der Waals surface area (Å²) in [5, 5.41) is 8.32. The Bertz CT molecular complexity index is 551. The summed E-state index contributed by atoms with van der Waals surface area (Å²) in [5.74, 6) is -0.375. The molecule has 0 saturated heterocycles. The topological polar surface area (TPSA) is 102 Å². The first-order chi connectivity index (χ1) is 7.80. The number of rotatable bonds is 4. The zero-order valence-electron chi connectivity index (χ0n) is 8.84. The van der Waals surface area contributed by atoms with Gasteiger partial charge in [0.05, 0.1) is 10.6 Å². The van der Waals surface area contributed by atoms with E-state index in [0.717, 1.165) is 0 Å². The summed E-state index contributed by atoms with van der Waals surface area (Å²) in [6.07, 6.45) is 0. The van der Waals surface area contributed by atoms with Crippen LogP contribution < -0.4 is 10.6 Å². The first-order valence-corrected chi connectivity index (χ1v) is 6.36. The molecular formula is C9H10ClN3O3S. The predicted octanol–water partition coefficient (Wildman–Crippen LogP) is 0.887. The number of benzene rings is 1. The lowest BCUT2D eigenvalue weighted by Crippen LogP contribution is -2.11. The Hall–Kier alpha value is -1.44. The first kappa shape index (κ1) is 13.6. The predicted molar refractivity (Wildman–Crippen MR) is 65.4 cm³/mol. The van der Waals surface area contributed by atoms with Crippen molar-refractivity contribution in [2.45, 2.75) is 11.8 Å². The van der Waals surface area contributed by atoms with Crippen LogP contribution in [0, 0.1) is 0 Å².